The van der Waals surface area contributed by atoms with Gasteiger partial charge in [0.25, 0.3) is 0 Å². The van der Waals surface area contributed by atoms with E-state index in [1.165, 1.54) is 6.07 Å². The van der Waals surface area contributed by atoms with E-state index in [-0.39, 0.29) is 5.82 Å². The highest BCUT2D eigenvalue weighted by molar-refractivity contribution is 5.37. The predicted molar refractivity (Wildman–Crippen MR) is 68.0 cm³/mol. The number of hydrogen-bond donors (Lipinski definition) is 1. The molecule has 0 fully saturated rings. The molecule has 1 aromatic carbocycles. The molecule has 1 aromatic heterocycles. The molecule has 2 aromatic rings. The number of aromatic nitrogens is 1. The van der Waals surface area contributed by atoms with Gasteiger partial charge in [-0.3, -0.25) is 4.98 Å². The molecule has 94 valence electrons. The maximum Gasteiger partial charge on any atom is 0.142 e. The van der Waals surface area contributed by atoms with Gasteiger partial charge in [0.05, 0.1) is 13.2 Å². The van der Waals surface area contributed by atoms with Crippen molar-refractivity contribution in [3.63, 3.8) is 0 Å². The largest absolute Gasteiger partial charge is 0.495 e. The molecule has 1 atom stereocenters. The first kappa shape index (κ1) is 12.5. The van der Waals surface area contributed by atoms with Gasteiger partial charge in [0.2, 0.25) is 0 Å². The van der Waals surface area contributed by atoms with Crippen molar-refractivity contribution in [2.45, 2.75) is 13.0 Å². The number of hydrogen-bond acceptors (Lipinski definition) is 3. The summed E-state index contributed by atoms with van der Waals surface area (Å²) in [5, 5.41) is 0. The molecule has 0 radical (unpaired) electrons. The SMILES string of the molecule is COc1cccnc1C(N)c1ccc(C)cc1F. The Morgan fingerprint density at radius 2 is 2.11 bits per heavy atom. The van der Waals surface area contributed by atoms with E-state index >= 15 is 0 Å². The van der Waals surface area contributed by atoms with E-state index in [4.69, 9.17) is 10.5 Å². The van der Waals surface area contributed by atoms with Crippen molar-refractivity contribution in [2.75, 3.05) is 7.11 Å². The minimum atomic E-state index is -0.637. The van der Waals surface area contributed by atoms with Crippen molar-refractivity contribution in [3.8, 4) is 5.75 Å². The Balaban J connectivity index is 2.44. The standard InChI is InChI=1S/C14H15FN2O/c1-9-5-6-10(11(15)8-9)13(16)14-12(18-2)4-3-7-17-14/h3-8,13H,16H2,1-2H3. The van der Waals surface area contributed by atoms with Gasteiger partial charge in [0.15, 0.2) is 0 Å². The van der Waals surface area contributed by atoms with Crippen LogP contribution in [0.5, 0.6) is 5.75 Å². The van der Waals surface area contributed by atoms with Gasteiger partial charge >= 0.3 is 0 Å². The second kappa shape index (κ2) is 5.14. The molecule has 2 rings (SSSR count). The van der Waals surface area contributed by atoms with Gasteiger partial charge in [-0.05, 0) is 30.7 Å². The molecule has 0 bridgehead atoms. The number of ether oxygens (including phenoxy) is 1. The molecule has 0 spiro atoms. The number of rotatable bonds is 3. The van der Waals surface area contributed by atoms with Crippen LogP contribution in [0, 0.1) is 12.7 Å². The van der Waals surface area contributed by atoms with E-state index < -0.39 is 6.04 Å². The summed E-state index contributed by atoms with van der Waals surface area (Å²) >= 11 is 0. The maximum absolute atomic E-state index is 13.9. The Morgan fingerprint density at radius 3 is 2.78 bits per heavy atom. The molecule has 0 amide bonds. The summed E-state index contributed by atoms with van der Waals surface area (Å²) in [6.45, 7) is 1.83. The third-order valence-corrected chi connectivity index (χ3v) is 2.81. The number of halogens is 1. The Bertz CT molecular complexity index is 557. The van der Waals surface area contributed by atoms with E-state index in [9.17, 15) is 4.39 Å². The summed E-state index contributed by atoms with van der Waals surface area (Å²) in [6.07, 6.45) is 1.61. The highest BCUT2D eigenvalue weighted by Crippen LogP contribution is 2.27. The first-order chi connectivity index (χ1) is 8.63. The molecule has 0 aliphatic heterocycles. The lowest BCUT2D eigenvalue weighted by Gasteiger charge is -2.15. The van der Waals surface area contributed by atoms with Crippen LogP contribution >= 0.6 is 0 Å². The second-order valence-corrected chi connectivity index (χ2v) is 4.09. The summed E-state index contributed by atoms with van der Waals surface area (Å²) in [5.74, 6) is 0.236. The minimum Gasteiger partial charge on any atom is -0.495 e. The quantitative estimate of drug-likeness (QED) is 0.905. The van der Waals surface area contributed by atoms with E-state index in [2.05, 4.69) is 4.98 Å². The molecule has 0 saturated heterocycles. The zero-order chi connectivity index (χ0) is 13.1. The smallest absolute Gasteiger partial charge is 0.142 e. The van der Waals surface area contributed by atoms with Crippen LogP contribution in [0.25, 0.3) is 0 Å². The van der Waals surface area contributed by atoms with Crippen molar-refractivity contribution >= 4 is 0 Å². The van der Waals surface area contributed by atoms with Crippen LogP contribution < -0.4 is 10.5 Å². The van der Waals surface area contributed by atoms with Crippen LogP contribution in [-0.2, 0) is 0 Å². The van der Waals surface area contributed by atoms with Crippen LogP contribution in [0.1, 0.15) is 22.9 Å². The summed E-state index contributed by atoms with van der Waals surface area (Å²) in [4.78, 5) is 4.17. The van der Waals surface area contributed by atoms with Crippen molar-refractivity contribution in [1.29, 1.82) is 0 Å². The van der Waals surface area contributed by atoms with Gasteiger partial charge in [-0.15, -0.1) is 0 Å². The Hall–Kier alpha value is -1.94. The molecular weight excluding hydrogens is 231 g/mol. The molecule has 0 aliphatic carbocycles. The molecule has 3 nitrogen and oxygen atoms in total. The molecule has 2 N–H and O–H groups in total. The molecule has 18 heavy (non-hydrogen) atoms. The van der Waals surface area contributed by atoms with Crippen molar-refractivity contribution in [2.24, 2.45) is 5.73 Å². The topological polar surface area (TPSA) is 48.1 Å². The normalized spacial score (nSPS) is 12.2. The number of benzene rings is 1. The summed E-state index contributed by atoms with van der Waals surface area (Å²) in [6, 6.07) is 7.85. The fraction of sp³-hybridized carbons (Fsp3) is 0.214. The Kier molecular flexibility index (Phi) is 3.58. The first-order valence-corrected chi connectivity index (χ1v) is 5.64. The van der Waals surface area contributed by atoms with Crippen molar-refractivity contribution < 1.29 is 9.13 Å². The van der Waals surface area contributed by atoms with E-state index in [0.717, 1.165) is 5.56 Å². The van der Waals surface area contributed by atoms with Crippen LogP contribution in [0.15, 0.2) is 36.5 Å². The van der Waals surface area contributed by atoms with Crippen molar-refractivity contribution in [3.05, 3.63) is 59.2 Å². The second-order valence-electron chi connectivity index (χ2n) is 4.09. The minimum absolute atomic E-state index is 0.324. The predicted octanol–water partition coefficient (Wildman–Crippen LogP) is 2.59. The summed E-state index contributed by atoms with van der Waals surface area (Å²) < 4.78 is 19.1. The van der Waals surface area contributed by atoms with E-state index in [0.29, 0.717) is 17.0 Å². The molecule has 0 aliphatic rings. The fourth-order valence-electron chi connectivity index (χ4n) is 1.84. The number of aryl methyl sites for hydroxylation is 1. The molecule has 1 unspecified atom stereocenters. The van der Waals surface area contributed by atoms with Crippen LogP contribution in [-0.4, -0.2) is 12.1 Å². The lowest BCUT2D eigenvalue weighted by molar-refractivity contribution is 0.404. The lowest BCUT2D eigenvalue weighted by atomic mass is 10.0. The van der Waals surface area contributed by atoms with Crippen LogP contribution in [0.3, 0.4) is 0 Å². The number of nitrogens with zero attached hydrogens (tertiary/aromatic N) is 1. The number of pyridine rings is 1. The Morgan fingerprint density at radius 1 is 1.33 bits per heavy atom. The highest BCUT2D eigenvalue weighted by Gasteiger charge is 2.18. The fourth-order valence-corrected chi connectivity index (χ4v) is 1.84. The third-order valence-electron chi connectivity index (χ3n) is 2.81. The monoisotopic (exact) mass is 246 g/mol. The van der Waals surface area contributed by atoms with Gasteiger partial charge < -0.3 is 10.5 Å². The summed E-state index contributed by atoms with van der Waals surface area (Å²) in [7, 11) is 1.54. The highest BCUT2D eigenvalue weighted by atomic mass is 19.1. The molecule has 0 saturated carbocycles. The van der Waals surface area contributed by atoms with Crippen molar-refractivity contribution in [1.82, 2.24) is 4.98 Å². The van der Waals surface area contributed by atoms with Gasteiger partial charge in [0.1, 0.15) is 17.3 Å². The number of methoxy groups -OCH3 is 1. The Labute approximate surface area is 105 Å². The molecule has 1 heterocycles. The first-order valence-electron chi connectivity index (χ1n) is 5.64. The van der Waals surface area contributed by atoms with E-state index in [1.54, 1.807) is 31.5 Å². The zero-order valence-corrected chi connectivity index (χ0v) is 10.4. The van der Waals surface area contributed by atoms with E-state index in [1.807, 2.05) is 13.0 Å². The van der Waals surface area contributed by atoms with Crippen LogP contribution in [0.2, 0.25) is 0 Å². The summed E-state index contributed by atoms with van der Waals surface area (Å²) in [5.41, 5.74) is 7.86. The van der Waals surface area contributed by atoms with Gasteiger partial charge in [-0.1, -0.05) is 12.1 Å². The number of nitrogens with two attached hydrogens (primary N) is 1. The average molecular weight is 246 g/mol. The zero-order valence-electron chi connectivity index (χ0n) is 10.4. The average Bonchev–Trinajstić information content (AvgIpc) is 2.38. The van der Waals surface area contributed by atoms with Gasteiger partial charge in [0, 0.05) is 11.8 Å². The maximum atomic E-state index is 13.9. The molecule has 4 heteroatoms. The van der Waals surface area contributed by atoms with Crippen LogP contribution in [0.4, 0.5) is 4.39 Å². The van der Waals surface area contributed by atoms with Gasteiger partial charge in [-0.2, -0.15) is 0 Å². The third kappa shape index (κ3) is 2.33. The van der Waals surface area contributed by atoms with Gasteiger partial charge in [-0.25, -0.2) is 4.39 Å². The molecular formula is C14H15FN2O. The lowest BCUT2D eigenvalue weighted by Crippen LogP contribution is -2.16.